The van der Waals surface area contributed by atoms with Gasteiger partial charge in [0.15, 0.2) is 0 Å². The highest BCUT2D eigenvalue weighted by atomic mass is 79.9. The number of carbonyl (C=O) groups excluding carboxylic acids is 1. The number of ether oxygens (including phenoxy) is 1. The van der Waals surface area contributed by atoms with Crippen molar-refractivity contribution in [1.82, 2.24) is 9.97 Å². The molecule has 1 aromatic carbocycles. The first kappa shape index (κ1) is 14.7. The summed E-state index contributed by atoms with van der Waals surface area (Å²) in [5, 5.41) is 0.784. The fourth-order valence-electron chi connectivity index (χ4n) is 2.19. The SMILES string of the molecule is Cc1ccnc(COC(=O)c2cccc3ncccc23)c1Br. The van der Waals surface area contributed by atoms with Crippen LogP contribution in [0, 0.1) is 6.92 Å². The van der Waals surface area contributed by atoms with Gasteiger partial charge in [0, 0.05) is 22.3 Å². The van der Waals surface area contributed by atoms with Crippen molar-refractivity contribution in [2.24, 2.45) is 0 Å². The highest BCUT2D eigenvalue weighted by Crippen LogP contribution is 2.21. The third kappa shape index (κ3) is 2.85. The molecule has 5 heteroatoms. The van der Waals surface area contributed by atoms with E-state index >= 15 is 0 Å². The van der Waals surface area contributed by atoms with E-state index < -0.39 is 0 Å². The maximum Gasteiger partial charge on any atom is 0.339 e. The zero-order chi connectivity index (χ0) is 15.5. The molecule has 0 aliphatic heterocycles. The van der Waals surface area contributed by atoms with Crippen LogP contribution < -0.4 is 0 Å². The van der Waals surface area contributed by atoms with E-state index in [0.717, 1.165) is 20.9 Å². The first-order chi connectivity index (χ1) is 10.7. The number of benzene rings is 1. The van der Waals surface area contributed by atoms with Crippen molar-refractivity contribution in [3.05, 3.63) is 70.1 Å². The van der Waals surface area contributed by atoms with Crippen LogP contribution in [-0.4, -0.2) is 15.9 Å². The van der Waals surface area contributed by atoms with Crippen LogP contribution >= 0.6 is 15.9 Å². The Kier molecular flexibility index (Phi) is 4.15. The molecule has 0 saturated carbocycles. The summed E-state index contributed by atoms with van der Waals surface area (Å²) in [6.07, 6.45) is 3.40. The van der Waals surface area contributed by atoms with E-state index in [1.165, 1.54) is 0 Å². The number of aryl methyl sites for hydroxylation is 1. The van der Waals surface area contributed by atoms with E-state index in [2.05, 4.69) is 25.9 Å². The fraction of sp³-hybridized carbons (Fsp3) is 0.118. The second kappa shape index (κ2) is 6.23. The molecule has 2 heterocycles. The number of halogens is 1. The van der Waals surface area contributed by atoms with Crippen LogP contribution in [0.4, 0.5) is 0 Å². The Labute approximate surface area is 136 Å². The van der Waals surface area contributed by atoms with E-state index in [1.54, 1.807) is 30.6 Å². The van der Waals surface area contributed by atoms with Gasteiger partial charge in [-0.1, -0.05) is 12.1 Å². The summed E-state index contributed by atoms with van der Waals surface area (Å²) in [6.45, 7) is 2.09. The van der Waals surface area contributed by atoms with Crippen molar-refractivity contribution in [3.63, 3.8) is 0 Å². The van der Waals surface area contributed by atoms with Gasteiger partial charge in [-0.3, -0.25) is 9.97 Å². The van der Waals surface area contributed by atoms with Gasteiger partial charge in [-0.15, -0.1) is 0 Å². The number of nitrogens with zero attached hydrogens (tertiary/aromatic N) is 2. The quantitative estimate of drug-likeness (QED) is 0.664. The molecule has 0 fully saturated rings. The average Bonchev–Trinajstić information content (AvgIpc) is 2.55. The molecule has 0 N–H and O–H groups in total. The molecule has 0 atom stereocenters. The molecule has 22 heavy (non-hydrogen) atoms. The van der Waals surface area contributed by atoms with Gasteiger partial charge in [0.05, 0.1) is 16.8 Å². The van der Waals surface area contributed by atoms with Crippen LogP contribution in [0.2, 0.25) is 0 Å². The molecule has 0 spiro atoms. The Morgan fingerprint density at radius 3 is 2.86 bits per heavy atom. The van der Waals surface area contributed by atoms with E-state index in [1.807, 2.05) is 25.1 Å². The predicted molar refractivity (Wildman–Crippen MR) is 87.5 cm³/mol. The summed E-state index contributed by atoms with van der Waals surface area (Å²) < 4.78 is 6.26. The molecule has 110 valence electrons. The van der Waals surface area contributed by atoms with Crippen molar-refractivity contribution in [3.8, 4) is 0 Å². The highest BCUT2D eigenvalue weighted by Gasteiger charge is 2.13. The summed E-state index contributed by atoms with van der Waals surface area (Å²) in [4.78, 5) is 20.8. The fourth-order valence-corrected chi connectivity index (χ4v) is 2.54. The number of aromatic nitrogens is 2. The van der Waals surface area contributed by atoms with Crippen LogP contribution in [0.15, 0.2) is 53.3 Å². The van der Waals surface area contributed by atoms with Gasteiger partial charge in [0.1, 0.15) is 6.61 Å². The summed E-state index contributed by atoms with van der Waals surface area (Å²) in [7, 11) is 0. The number of hydrogen-bond acceptors (Lipinski definition) is 4. The molecule has 0 unspecified atom stereocenters. The van der Waals surface area contributed by atoms with Gasteiger partial charge in [0.25, 0.3) is 0 Å². The van der Waals surface area contributed by atoms with Crippen molar-refractivity contribution >= 4 is 32.8 Å². The summed E-state index contributed by atoms with van der Waals surface area (Å²) in [6, 6.07) is 11.0. The highest BCUT2D eigenvalue weighted by molar-refractivity contribution is 9.10. The Balaban J connectivity index is 1.84. The molecule has 4 nitrogen and oxygen atoms in total. The van der Waals surface area contributed by atoms with Crippen LogP contribution in [0.25, 0.3) is 10.9 Å². The second-order valence-corrected chi connectivity index (χ2v) is 5.63. The van der Waals surface area contributed by atoms with Crippen LogP contribution in [-0.2, 0) is 11.3 Å². The van der Waals surface area contributed by atoms with Crippen LogP contribution in [0.1, 0.15) is 21.6 Å². The summed E-state index contributed by atoms with van der Waals surface area (Å²) >= 11 is 3.46. The Morgan fingerprint density at radius 2 is 2.00 bits per heavy atom. The average molecular weight is 357 g/mol. The molecular formula is C17H13BrN2O2. The first-order valence-electron chi connectivity index (χ1n) is 6.77. The standard InChI is InChI=1S/C17H13BrN2O2/c1-11-7-9-20-15(16(11)18)10-22-17(21)13-4-2-6-14-12(13)5-3-8-19-14/h2-9H,10H2,1H3. The minimum atomic E-state index is -0.381. The lowest BCUT2D eigenvalue weighted by atomic mass is 10.1. The predicted octanol–water partition coefficient (Wildman–Crippen LogP) is 4.06. The van der Waals surface area contributed by atoms with E-state index in [9.17, 15) is 4.79 Å². The molecule has 0 amide bonds. The molecule has 3 rings (SSSR count). The third-order valence-electron chi connectivity index (χ3n) is 3.36. The van der Waals surface area contributed by atoms with Gasteiger partial charge in [0.2, 0.25) is 0 Å². The lowest BCUT2D eigenvalue weighted by Crippen LogP contribution is -2.07. The van der Waals surface area contributed by atoms with E-state index in [-0.39, 0.29) is 12.6 Å². The Morgan fingerprint density at radius 1 is 1.14 bits per heavy atom. The van der Waals surface area contributed by atoms with Gasteiger partial charge in [-0.05, 0) is 52.7 Å². The zero-order valence-electron chi connectivity index (χ0n) is 11.9. The molecule has 2 aromatic heterocycles. The molecule has 0 aliphatic carbocycles. The number of pyridine rings is 2. The third-order valence-corrected chi connectivity index (χ3v) is 4.44. The monoisotopic (exact) mass is 356 g/mol. The van der Waals surface area contributed by atoms with Crippen molar-refractivity contribution in [2.75, 3.05) is 0 Å². The smallest absolute Gasteiger partial charge is 0.339 e. The maximum absolute atomic E-state index is 12.3. The molecular weight excluding hydrogens is 344 g/mol. The summed E-state index contributed by atoms with van der Waals surface area (Å²) in [5.41, 5.74) is 3.03. The van der Waals surface area contributed by atoms with Gasteiger partial charge in [-0.2, -0.15) is 0 Å². The minimum absolute atomic E-state index is 0.123. The first-order valence-corrected chi connectivity index (χ1v) is 7.57. The number of fused-ring (bicyclic) bond motifs is 1. The summed E-state index contributed by atoms with van der Waals surface area (Å²) in [5.74, 6) is -0.381. The molecule has 0 radical (unpaired) electrons. The number of carbonyl (C=O) groups is 1. The Bertz CT molecular complexity index is 844. The number of rotatable bonds is 3. The van der Waals surface area contributed by atoms with Crippen molar-refractivity contribution in [1.29, 1.82) is 0 Å². The number of esters is 1. The molecule has 0 bridgehead atoms. The molecule has 0 aliphatic rings. The number of hydrogen-bond donors (Lipinski definition) is 0. The van der Waals surface area contributed by atoms with E-state index in [4.69, 9.17) is 4.74 Å². The van der Waals surface area contributed by atoms with Gasteiger partial charge >= 0.3 is 5.97 Å². The zero-order valence-corrected chi connectivity index (χ0v) is 13.5. The van der Waals surface area contributed by atoms with Crippen molar-refractivity contribution in [2.45, 2.75) is 13.5 Å². The van der Waals surface area contributed by atoms with Crippen molar-refractivity contribution < 1.29 is 9.53 Å². The largest absolute Gasteiger partial charge is 0.456 e. The lowest BCUT2D eigenvalue weighted by Gasteiger charge is -2.09. The normalized spacial score (nSPS) is 10.6. The lowest BCUT2D eigenvalue weighted by molar-refractivity contribution is 0.0469. The van der Waals surface area contributed by atoms with E-state index in [0.29, 0.717) is 11.3 Å². The second-order valence-electron chi connectivity index (χ2n) is 4.84. The molecule has 3 aromatic rings. The molecule has 0 saturated heterocycles. The van der Waals surface area contributed by atoms with Crippen LogP contribution in [0.5, 0.6) is 0 Å². The van der Waals surface area contributed by atoms with Gasteiger partial charge < -0.3 is 4.74 Å². The minimum Gasteiger partial charge on any atom is -0.456 e. The van der Waals surface area contributed by atoms with Gasteiger partial charge in [-0.25, -0.2) is 4.79 Å². The maximum atomic E-state index is 12.3. The topological polar surface area (TPSA) is 52.1 Å². The Hall–Kier alpha value is -2.27. The van der Waals surface area contributed by atoms with Crippen LogP contribution in [0.3, 0.4) is 0 Å².